The number of nitrogens with one attached hydrogen (secondary N) is 1. The number of nitrogens with two attached hydrogens (primary N) is 1. The normalized spacial score (nSPS) is 9.82. The molecule has 0 radical (unpaired) electrons. The summed E-state index contributed by atoms with van der Waals surface area (Å²) in [5, 5.41) is 2.86. The molecular formula is C11H14ClN3O2. The van der Waals surface area contributed by atoms with Crippen LogP contribution in [-0.4, -0.2) is 37.4 Å². The van der Waals surface area contributed by atoms with Gasteiger partial charge in [-0.2, -0.15) is 0 Å². The van der Waals surface area contributed by atoms with Crippen LogP contribution in [0.2, 0.25) is 5.02 Å². The van der Waals surface area contributed by atoms with E-state index in [2.05, 4.69) is 5.32 Å². The van der Waals surface area contributed by atoms with Crippen LogP contribution in [0.3, 0.4) is 0 Å². The van der Waals surface area contributed by atoms with Crippen molar-refractivity contribution in [3.8, 4) is 0 Å². The Labute approximate surface area is 105 Å². The molecule has 2 amide bonds. The molecule has 6 heteroatoms. The first-order valence-corrected chi connectivity index (χ1v) is 5.34. The number of rotatable bonds is 3. The van der Waals surface area contributed by atoms with Crippen molar-refractivity contribution in [3.63, 3.8) is 0 Å². The van der Waals surface area contributed by atoms with E-state index in [1.165, 1.54) is 25.1 Å². The summed E-state index contributed by atoms with van der Waals surface area (Å²) >= 11 is 5.79. The Morgan fingerprint density at radius 3 is 2.71 bits per heavy atom. The maximum Gasteiger partial charge on any atom is 0.256 e. The average Bonchev–Trinajstić information content (AvgIpc) is 2.31. The van der Waals surface area contributed by atoms with Crippen LogP contribution in [0.15, 0.2) is 18.2 Å². The van der Waals surface area contributed by atoms with E-state index in [-0.39, 0.29) is 18.4 Å². The van der Waals surface area contributed by atoms with Gasteiger partial charge in [0.05, 0.1) is 12.1 Å². The number of carbonyl (C=O) groups is 2. The maximum absolute atomic E-state index is 12.0. The van der Waals surface area contributed by atoms with Gasteiger partial charge in [-0.15, -0.1) is 0 Å². The molecular weight excluding hydrogens is 242 g/mol. The number of nitrogen functional groups attached to an aromatic ring is 1. The van der Waals surface area contributed by atoms with E-state index in [1.807, 2.05) is 0 Å². The number of halogens is 1. The van der Waals surface area contributed by atoms with Crippen LogP contribution in [0, 0.1) is 0 Å². The van der Waals surface area contributed by atoms with Gasteiger partial charge in [0, 0.05) is 24.8 Å². The van der Waals surface area contributed by atoms with Crippen molar-refractivity contribution < 1.29 is 9.59 Å². The second-order valence-corrected chi connectivity index (χ2v) is 4.00. The van der Waals surface area contributed by atoms with Gasteiger partial charge in [-0.05, 0) is 18.2 Å². The minimum absolute atomic E-state index is 0.0265. The molecule has 0 aliphatic carbocycles. The average molecular weight is 256 g/mol. The second kappa shape index (κ2) is 5.54. The van der Waals surface area contributed by atoms with Crippen LogP contribution in [0.5, 0.6) is 0 Å². The summed E-state index contributed by atoms with van der Waals surface area (Å²) in [7, 11) is 3.03. The molecule has 3 N–H and O–H groups in total. The van der Waals surface area contributed by atoms with Crippen molar-refractivity contribution in [1.29, 1.82) is 0 Å². The van der Waals surface area contributed by atoms with E-state index in [9.17, 15) is 9.59 Å². The molecule has 5 nitrogen and oxygen atoms in total. The summed E-state index contributed by atoms with van der Waals surface area (Å²) in [6.45, 7) is -0.0265. The first kappa shape index (κ1) is 13.3. The summed E-state index contributed by atoms with van der Waals surface area (Å²) < 4.78 is 0. The minimum Gasteiger partial charge on any atom is -0.398 e. The first-order valence-electron chi connectivity index (χ1n) is 4.96. The van der Waals surface area contributed by atoms with Crippen molar-refractivity contribution in [2.75, 3.05) is 26.4 Å². The lowest BCUT2D eigenvalue weighted by Gasteiger charge is -2.17. The summed E-state index contributed by atoms with van der Waals surface area (Å²) in [4.78, 5) is 24.4. The first-order chi connectivity index (χ1) is 7.95. The van der Waals surface area contributed by atoms with Crippen LogP contribution in [-0.2, 0) is 4.79 Å². The monoisotopic (exact) mass is 255 g/mol. The molecule has 92 valence electrons. The van der Waals surface area contributed by atoms with Gasteiger partial charge in [0.25, 0.3) is 5.91 Å². The summed E-state index contributed by atoms with van der Waals surface area (Å²) in [6, 6.07) is 4.65. The molecule has 0 saturated carbocycles. The topological polar surface area (TPSA) is 75.4 Å². The van der Waals surface area contributed by atoms with Gasteiger partial charge in [-0.1, -0.05) is 11.6 Å². The highest BCUT2D eigenvalue weighted by atomic mass is 35.5. The van der Waals surface area contributed by atoms with E-state index in [0.29, 0.717) is 16.3 Å². The lowest BCUT2D eigenvalue weighted by Crippen LogP contribution is -2.37. The predicted molar refractivity (Wildman–Crippen MR) is 66.9 cm³/mol. The fraction of sp³-hybridized carbons (Fsp3) is 0.273. The van der Waals surface area contributed by atoms with E-state index in [1.54, 1.807) is 12.1 Å². The fourth-order valence-electron chi connectivity index (χ4n) is 1.29. The Hall–Kier alpha value is -1.75. The van der Waals surface area contributed by atoms with Gasteiger partial charge >= 0.3 is 0 Å². The smallest absolute Gasteiger partial charge is 0.256 e. The zero-order valence-electron chi connectivity index (χ0n) is 9.66. The Morgan fingerprint density at radius 1 is 1.47 bits per heavy atom. The van der Waals surface area contributed by atoms with Crippen molar-refractivity contribution in [1.82, 2.24) is 10.2 Å². The van der Waals surface area contributed by atoms with Crippen molar-refractivity contribution in [2.24, 2.45) is 0 Å². The van der Waals surface area contributed by atoms with Gasteiger partial charge < -0.3 is 16.0 Å². The molecule has 1 aromatic rings. The number of hydrogen-bond acceptors (Lipinski definition) is 3. The van der Waals surface area contributed by atoms with Gasteiger partial charge in [-0.25, -0.2) is 0 Å². The molecule has 1 rings (SSSR count). The molecule has 0 aromatic heterocycles. The van der Waals surface area contributed by atoms with Crippen molar-refractivity contribution in [3.05, 3.63) is 28.8 Å². The third kappa shape index (κ3) is 3.35. The van der Waals surface area contributed by atoms with Crippen LogP contribution in [0.4, 0.5) is 5.69 Å². The van der Waals surface area contributed by atoms with Crippen LogP contribution < -0.4 is 11.1 Å². The van der Waals surface area contributed by atoms with Gasteiger partial charge in [0.15, 0.2) is 0 Å². The van der Waals surface area contributed by atoms with Crippen LogP contribution >= 0.6 is 11.6 Å². The van der Waals surface area contributed by atoms with E-state index >= 15 is 0 Å². The van der Waals surface area contributed by atoms with E-state index < -0.39 is 0 Å². The number of likely N-dealkylation sites (N-methyl/N-ethyl adjacent to an activating group) is 2. The largest absolute Gasteiger partial charge is 0.398 e. The Balaban J connectivity index is 2.88. The molecule has 0 heterocycles. The standard InChI is InChI=1S/C11H14ClN3O2/c1-14-10(16)6-15(2)11(17)8-5-7(12)3-4-9(8)13/h3-5H,6,13H2,1-2H3,(H,14,16). The fourth-order valence-corrected chi connectivity index (χ4v) is 1.46. The van der Waals surface area contributed by atoms with Gasteiger partial charge in [0.1, 0.15) is 0 Å². The minimum atomic E-state index is -0.339. The number of carbonyl (C=O) groups excluding carboxylic acids is 2. The number of nitrogens with zero attached hydrogens (tertiary/aromatic N) is 1. The quantitative estimate of drug-likeness (QED) is 0.783. The third-order valence-electron chi connectivity index (χ3n) is 2.25. The lowest BCUT2D eigenvalue weighted by atomic mass is 10.1. The third-order valence-corrected chi connectivity index (χ3v) is 2.49. The number of hydrogen-bond donors (Lipinski definition) is 2. The van der Waals surface area contributed by atoms with E-state index in [4.69, 9.17) is 17.3 Å². The summed E-state index contributed by atoms with van der Waals surface area (Å²) in [6.07, 6.45) is 0. The number of amides is 2. The van der Waals surface area contributed by atoms with Crippen molar-refractivity contribution in [2.45, 2.75) is 0 Å². The lowest BCUT2D eigenvalue weighted by molar-refractivity contribution is -0.121. The number of benzene rings is 1. The molecule has 0 fully saturated rings. The highest BCUT2D eigenvalue weighted by Crippen LogP contribution is 2.19. The van der Waals surface area contributed by atoms with Gasteiger partial charge in [0.2, 0.25) is 5.91 Å². The highest BCUT2D eigenvalue weighted by Gasteiger charge is 2.16. The molecule has 17 heavy (non-hydrogen) atoms. The molecule has 0 unspecified atom stereocenters. The number of anilines is 1. The Kier molecular flexibility index (Phi) is 4.34. The molecule has 0 bridgehead atoms. The summed E-state index contributed by atoms with van der Waals surface area (Å²) in [5.74, 6) is -0.588. The highest BCUT2D eigenvalue weighted by molar-refractivity contribution is 6.31. The van der Waals surface area contributed by atoms with Crippen LogP contribution in [0.25, 0.3) is 0 Å². The van der Waals surface area contributed by atoms with Crippen LogP contribution in [0.1, 0.15) is 10.4 Å². The second-order valence-electron chi connectivity index (χ2n) is 3.57. The molecule has 0 spiro atoms. The molecule has 0 atom stereocenters. The zero-order chi connectivity index (χ0) is 13.0. The maximum atomic E-state index is 12.0. The Bertz CT molecular complexity index is 448. The zero-order valence-corrected chi connectivity index (χ0v) is 10.4. The van der Waals surface area contributed by atoms with E-state index in [0.717, 1.165) is 0 Å². The predicted octanol–water partition coefficient (Wildman–Crippen LogP) is 0.740. The molecule has 0 aliphatic rings. The molecule has 0 aliphatic heterocycles. The van der Waals surface area contributed by atoms with Gasteiger partial charge in [-0.3, -0.25) is 9.59 Å². The molecule has 1 aromatic carbocycles. The SMILES string of the molecule is CNC(=O)CN(C)C(=O)c1cc(Cl)ccc1N. The Morgan fingerprint density at radius 2 is 2.12 bits per heavy atom. The molecule has 0 saturated heterocycles. The van der Waals surface area contributed by atoms with Crippen molar-refractivity contribution >= 4 is 29.1 Å². The summed E-state index contributed by atoms with van der Waals surface area (Å²) in [5.41, 5.74) is 6.32.